The zero-order valence-corrected chi connectivity index (χ0v) is 17.2. The Bertz CT molecular complexity index is 366. The van der Waals surface area contributed by atoms with Crippen LogP contribution in [0.5, 0.6) is 0 Å². The molecular weight excluding hydrogens is 314 g/mol. The van der Waals surface area contributed by atoms with E-state index < -0.39 is 0 Å². The predicted octanol–water partition coefficient (Wildman–Crippen LogP) is 3.59. The minimum atomic E-state index is 0.169. The molecule has 2 unspecified atom stereocenters. The Labute approximate surface area is 155 Å². The van der Waals surface area contributed by atoms with Crippen molar-refractivity contribution in [3.8, 4) is 0 Å². The first-order valence-electron chi connectivity index (χ1n) is 10.2. The topological polar surface area (TPSA) is 54.9 Å². The van der Waals surface area contributed by atoms with Gasteiger partial charge in [0, 0.05) is 45.4 Å². The van der Waals surface area contributed by atoms with Crippen LogP contribution < -0.4 is 10.6 Å². The van der Waals surface area contributed by atoms with E-state index in [0.717, 1.165) is 64.7 Å². The summed E-state index contributed by atoms with van der Waals surface area (Å²) >= 11 is 0. The zero-order valence-electron chi connectivity index (χ0n) is 17.2. The summed E-state index contributed by atoms with van der Waals surface area (Å²) in [4.78, 5) is 4.82. The second kappa shape index (κ2) is 12.5. The Hall–Kier alpha value is -0.810. The predicted molar refractivity (Wildman–Crippen MR) is 106 cm³/mol. The first kappa shape index (κ1) is 22.2. The van der Waals surface area contributed by atoms with Gasteiger partial charge >= 0.3 is 0 Å². The van der Waals surface area contributed by atoms with Gasteiger partial charge < -0.3 is 20.1 Å². The number of hydrogen-bond donors (Lipinski definition) is 2. The molecule has 0 saturated carbocycles. The van der Waals surface area contributed by atoms with Crippen LogP contribution in [-0.2, 0) is 9.47 Å². The standard InChI is InChI=1S/C20H41N3O2/c1-6-8-13-24-14-10-12-22-19(21-7-2)23-16-17-11-9-15-25-18(17)20(3,4)5/h17-18H,6-16H2,1-5H3,(H2,21,22,23). The second-order valence-corrected chi connectivity index (χ2v) is 8.03. The lowest BCUT2D eigenvalue weighted by Gasteiger charge is -2.39. The fraction of sp³-hybridized carbons (Fsp3) is 0.950. The second-order valence-electron chi connectivity index (χ2n) is 8.03. The van der Waals surface area contributed by atoms with E-state index in [-0.39, 0.29) is 5.41 Å². The summed E-state index contributed by atoms with van der Waals surface area (Å²) in [6.07, 6.45) is 5.99. The summed E-state index contributed by atoms with van der Waals surface area (Å²) in [6, 6.07) is 0. The van der Waals surface area contributed by atoms with Crippen molar-refractivity contribution in [3.05, 3.63) is 0 Å². The van der Waals surface area contributed by atoms with Crippen molar-refractivity contribution in [1.29, 1.82) is 0 Å². The number of aliphatic imine (C=N–C) groups is 1. The number of unbranched alkanes of at least 4 members (excludes halogenated alkanes) is 1. The van der Waals surface area contributed by atoms with Crippen LogP contribution >= 0.6 is 0 Å². The summed E-state index contributed by atoms with van der Waals surface area (Å²) in [5.74, 6) is 1.41. The Balaban J connectivity index is 2.40. The number of hydrogen-bond acceptors (Lipinski definition) is 3. The van der Waals surface area contributed by atoms with Crippen LogP contribution in [0.4, 0.5) is 0 Å². The molecule has 1 rings (SSSR count). The van der Waals surface area contributed by atoms with E-state index in [1.54, 1.807) is 0 Å². The molecule has 0 aromatic rings. The molecule has 0 spiro atoms. The fourth-order valence-corrected chi connectivity index (χ4v) is 3.27. The molecule has 5 nitrogen and oxygen atoms in total. The van der Waals surface area contributed by atoms with Crippen LogP contribution in [0.25, 0.3) is 0 Å². The maximum Gasteiger partial charge on any atom is 0.191 e. The lowest BCUT2D eigenvalue weighted by atomic mass is 9.78. The molecule has 0 aromatic heterocycles. The molecule has 0 aliphatic carbocycles. The fourth-order valence-electron chi connectivity index (χ4n) is 3.27. The molecule has 25 heavy (non-hydrogen) atoms. The molecule has 1 aliphatic rings. The summed E-state index contributed by atoms with van der Waals surface area (Å²) in [7, 11) is 0. The molecule has 0 amide bonds. The molecule has 1 heterocycles. The average Bonchev–Trinajstić information content (AvgIpc) is 2.58. The normalized spacial score (nSPS) is 22.0. The van der Waals surface area contributed by atoms with Gasteiger partial charge in [0.15, 0.2) is 5.96 Å². The average molecular weight is 356 g/mol. The van der Waals surface area contributed by atoms with Crippen molar-refractivity contribution in [2.24, 2.45) is 16.3 Å². The van der Waals surface area contributed by atoms with Gasteiger partial charge in [0.25, 0.3) is 0 Å². The number of nitrogens with zero attached hydrogens (tertiary/aromatic N) is 1. The van der Waals surface area contributed by atoms with Gasteiger partial charge in [-0.2, -0.15) is 0 Å². The number of nitrogens with one attached hydrogen (secondary N) is 2. The third-order valence-corrected chi connectivity index (χ3v) is 4.53. The van der Waals surface area contributed by atoms with Crippen LogP contribution in [0.3, 0.4) is 0 Å². The van der Waals surface area contributed by atoms with Crippen LogP contribution in [0.15, 0.2) is 4.99 Å². The number of rotatable bonds is 10. The summed E-state index contributed by atoms with van der Waals surface area (Å²) in [5.41, 5.74) is 0.169. The molecule has 0 aromatic carbocycles. The molecule has 1 aliphatic heterocycles. The lowest BCUT2D eigenvalue weighted by molar-refractivity contribution is -0.0823. The first-order valence-corrected chi connectivity index (χ1v) is 10.2. The molecule has 2 N–H and O–H groups in total. The Kier molecular flexibility index (Phi) is 11.1. The molecular formula is C20H41N3O2. The van der Waals surface area contributed by atoms with E-state index in [4.69, 9.17) is 14.5 Å². The van der Waals surface area contributed by atoms with Crippen molar-refractivity contribution in [3.63, 3.8) is 0 Å². The molecule has 148 valence electrons. The van der Waals surface area contributed by atoms with E-state index >= 15 is 0 Å². The summed E-state index contributed by atoms with van der Waals surface area (Å²) in [5, 5.41) is 6.77. The maximum atomic E-state index is 6.07. The van der Waals surface area contributed by atoms with Gasteiger partial charge in [0.2, 0.25) is 0 Å². The Morgan fingerprint density at radius 3 is 2.60 bits per heavy atom. The van der Waals surface area contributed by atoms with Crippen molar-refractivity contribution in [2.75, 3.05) is 39.5 Å². The van der Waals surface area contributed by atoms with E-state index in [1.807, 2.05) is 0 Å². The van der Waals surface area contributed by atoms with Crippen molar-refractivity contribution in [2.45, 2.75) is 72.8 Å². The molecule has 1 fully saturated rings. The molecule has 0 radical (unpaired) electrons. The molecule has 2 atom stereocenters. The first-order chi connectivity index (χ1) is 12.0. The smallest absolute Gasteiger partial charge is 0.191 e. The van der Waals surface area contributed by atoms with Crippen LogP contribution in [-0.4, -0.2) is 51.5 Å². The summed E-state index contributed by atoms with van der Waals surface area (Å²) < 4.78 is 11.7. The van der Waals surface area contributed by atoms with E-state index in [2.05, 4.69) is 45.3 Å². The van der Waals surface area contributed by atoms with E-state index in [0.29, 0.717) is 12.0 Å². The maximum absolute atomic E-state index is 6.07. The quantitative estimate of drug-likeness (QED) is 0.357. The molecule has 5 heteroatoms. The highest BCUT2D eigenvalue weighted by Gasteiger charge is 2.35. The minimum Gasteiger partial charge on any atom is -0.381 e. The van der Waals surface area contributed by atoms with Gasteiger partial charge in [-0.25, -0.2) is 0 Å². The van der Waals surface area contributed by atoms with Gasteiger partial charge in [-0.1, -0.05) is 34.1 Å². The van der Waals surface area contributed by atoms with Crippen LogP contribution in [0, 0.1) is 11.3 Å². The number of guanidine groups is 1. The highest BCUT2D eigenvalue weighted by atomic mass is 16.5. The Morgan fingerprint density at radius 2 is 1.92 bits per heavy atom. The van der Waals surface area contributed by atoms with Crippen molar-refractivity contribution in [1.82, 2.24) is 10.6 Å². The van der Waals surface area contributed by atoms with Crippen molar-refractivity contribution >= 4 is 5.96 Å². The largest absolute Gasteiger partial charge is 0.381 e. The van der Waals surface area contributed by atoms with Gasteiger partial charge in [-0.15, -0.1) is 0 Å². The highest BCUT2D eigenvalue weighted by Crippen LogP contribution is 2.34. The van der Waals surface area contributed by atoms with Crippen molar-refractivity contribution < 1.29 is 9.47 Å². The third-order valence-electron chi connectivity index (χ3n) is 4.53. The summed E-state index contributed by atoms with van der Waals surface area (Å²) in [6.45, 7) is 16.3. The van der Waals surface area contributed by atoms with Gasteiger partial charge in [-0.3, -0.25) is 4.99 Å². The zero-order chi connectivity index (χ0) is 18.5. The van der Waals surface area contributed by atoms with E-state index in [9.17, 15) is 0 Å². The van der Waals surface area contributed by atoms with Gasteiger partial charge in [0.1, 0.15) is 0 Å². The van der Waals surface area contributed by atoms with Gasteiger partial charge in [0.05, 0.1) is 6.10 Å². The molecule has 1 saturated heterocycles. The molecule has 0 bridgehead atoms. The van der Waals surface area contributed by atoms with Crippen LogP contribution in [0.2, 0.25) is 0 Å². The third kappa shape index (κ3) is 9.45. The van der Waals surface area contributed by atoms with Gasteiger partial charge in [-0.05, 0) is 38.0 Å². The van der Waals surface area contributed by atoms with E-state index in [1.165, 1.54) is 12.8 Å². The highest BCUT2D eigenvalue weighted by molar-refractivity contribution is 5.79. The monoisotopic (exact) mass is 355 g/mol. The minimum absolute atomic E-state index is 0.169. The Morgan fingerprint density at radius 1 is 1.16 bits per heavy atom. The number of ether oxygens (including phenoxy) is 2. The lowest BCUT2D eigenvalue weighted by Crippen LogP contribution is -2.43. The SMILES string of the molecule is CCCCOCCCNC(=NCC1CCCOC1C(C)(C)C)NCC. The van der Waals surface area contributed by atoms with Crippen LogP contribution in [0.1, 0.15) is 66.7 Å².